The van der Waals surface area contributed by atoms with Crippen LogP contribution in [0.5, 0.6) is 0 Å². The van der Waals surface area contributed by atoms with Crippen LogP contribution < -0.4 is 11.1 Å². The van der Waals surface area contributed by atoms with E-state index in [0.717, 1.165) is 11.3 Å². The Bertz CT molecular complexity index is 620. The van der Waals surface area contributed by atoms with Crippen LogP contribution in [0.25, 0.3) is 0 Å². The lowest BCUT2D eigenvalue weighted by molar-refractivity contribution is 0.630. The van der Waals surface area contributed by atoms with Crippen LogP contribution in [-0.2, 0) is 0 Å². The van der Waals surface area contributed by atoms with Gasteiger partial charge in [0.1, 0.15) is 16.6 Å². The molecule has 0 spiro atoms. The number of rotatable bonds is 3. The fourth-order valence-corrected chi connectivity index (χ4v) is 1.92. The molecular formula is C14H14FN3S. The Morgan fingerprint density at radius 2 is 2.00 bits per heavy atom. The van der Waals surface area contributed by atoms with Gasteiger partial charge in [0, 0.05) is 5.69 Å². The van der Waals surface area contributed by atoms with E-state index in [1.807, 2.05) is 26.0 Å². The molecule has 0 bridgehead atoms. The quantitative estimate of drug-likeness (QED) is 0.845. The molecule has 0 atom stereocenters. The maximum atomic E-state index is 13.8. The SMILES string of the molecule is Cc1ccc(C(N)=S)c(Nc2c(C)cccc2F)n1. The normalized spacial score (nSPS) is 10.3. The summed E-state index contributed by atoms with van der Waals surface area (Å²) in [7, 11) is 0. The van der Waals surface area contributed by atoms with Crippen molar-refractivity contribution in [1.82, 2.24) is 4.98 Å². The van der Waals surface area contributed by atoms with E-state index in [1.54, 1.807) is 12.1 Å². The molecular weight excluding hydrogens is 261 g/mol. The van der Waals surface area contributed by atoms with Gasteiger partial charge in [0.05, 0.1) is 11.3 Å². The molecule has 0 unspecified atom stereocenters. The molecule has 1 heterocycles. The number of aryl methyl sites for hydroxylation is 2. The Labute approximate surface area is 116 Å². The summed E-state index contributed by atoms with van der Waals surface area (Å²) < 4.78 is 13.8. The first-order chi connectivity index (χ1) is 8.99. The van der Waals surface area contributed by atoms with Gasteiger partial charge in [-0.3, -0.25) is 0 Å². The molecule has 0 amide bonds. The van der Waals surface area contributed by atoms with Crippen LogP contribution in [0.2, 0.25) is 0 Å². The van der Waals surface area contributed by atoms with Crippen molar-refractivity contribution in [1.29, 1.82) is 0 Å². The van der Waals surface area contributed by atoms with Gasteiger partial charge in [-0.1, -0.05) is 24.4 Å². The first kappa shape index (κ1) is 13.4. The maximum absolute atomic E-state index is 13.8. The predicted molar refractivity (Wildman–Crippen MR) is 79.3 cm³/mol. The maximum Gasteiger partial charge on any atom is 0.146 e. The summed E-state index contributed by atoms with van der Waals surface area (Å²) in [6.07, 6.45) is 0. The lowest BCUT2D eigenvalue weighted by Crippen LogP contribution is -2.14. The number of aromatic nitrogens is 1. The summed E-state index contributed by atoms with van der Waals surface area (Å²) in [4.78, 5) is 4.55. The molecule has 1 aromatic heterocycles. The largest absolute Gasteiger partial charge is 0.389 e. The molecule has 1 aromatic carbocycles. The average molecular weight is 275 g/mol. The second-order valence-electron chi connectivity index (χ2n) is 4.27. The molecule has 0 aliphatic heterocycles. The monoisotopic (exact) mass is 275 g/mol. The van der Waals surface area contributed by atoms with E-state index in [0.29, 0.717) is 17.1 Å². The molecule has 0 fully saturated rings. The van der Waals surface area contributed by atoms with Crippen molar-refractivity contribution in [3.8, 4) is 0 Å². The van der Waals surface area contributed by atoms with Gasteiger partial charge in [0.25, 0.3) is 0 Å². The molecule has 2 aromatic rings. The fraction of sp³-hybridized carbons (Fsp3) is 0.143. The molecule has 2 rings (SSSR count). The van der Waals surface area contributed by atoms with Gasteiger partial charge in [0.15, 0.2) is 0 Å². The summed E-state index contributed by atoms with van der Waals surface area (Å²) in [6.45, 7) is 3.67. The molecule has 5 heteroatoms. The number of halogens is 1. The van der Waals surface area contributed by atoms with Gasteiger partial charge in [-0.2, -0.15) is 0 Å². The van der Waals surface area contributed by atoms with Crippen molar-refractivity contribution in [2.45, 2.75) is 13.8 Å². The van der Waals surface area contributed by atoms with Gasteiger partial charge < -0.3 is 11.1 Å². The fourth-order valence-electron chi connectivity index (χ4n) is 1.76. The van der Waals surface area contributed by atoms with E-state index in [4.69, 9.17) is 18.0 Å². The minimum absolute atomic E-state index is 0.226. The number of pyridine rings is 1. The summed E-state index contributed by atoms with van der Waals surface area (Å²) >= 11 is 4.98. The molecule has 0 aliphatic rings. The third kappa shape index (κ3) is 2.88. The highest BCUT2D eigenvalue weighted by atomic mass is 32.1. The number of thiocarbonyl (C=S) groups is 1. The zero-order valence-electron chi connectivity index (χ0n) is 10.7. The second-order valence-corrected chi connectivity index (χ2v) is 4.71. The molecule has 0 saturated heterocycles. The van der Waals surface area contributed by atoms with Crippen LogP contribution in [0.3, 0.4) is 0 Å². The van der Waals surface area contributed by atoms with E-state index in [1.165, 1.54) is 6.07 Å². The minimum Gasteiger partial charge on any atom is -0.389 e. The van der Waals surface area contributed by atoms with Crippen molar-refractivity contribution in [2.24, 2.45) is 5.73 Å². The number of anilines is 2. The van der Waals surface area contributed by atoms with Gasteiger partial charge in [-0.15, -0.1) is 0 Å². The highest BCUT2D eigenvalue weighted by molar-refractivity contribution is 7.80. The Morgan fingerprint density at radius 3 is 2.63 bits per heavy atom. The van der Waals surface area contributed by atoms with Crippen LogP contribution in [0, 0.1) is 19.7 Å². The van der Waals surface area contributed by atoms with Crippen LogP contribution >= 0.6 is 12.2 Å². The standard InChI is InChI=1S/C14H14FN3S/c1-8-4-3-5-11(15)12(8)18-14-10(13(16)19)7-6-9(2)17-14/h3-7H,1-2H3,(H2,16,19)(H,17,18). The first-order valence-corrected chi connectivity index (χ1v) is 6.19. The summed E-state index contributed by atoms with van der Waals surface area (Å²) in [5.41, 5.74) is 8.23. The Morgan fingerprint density at radius 1 is 1.26 bits per heavy atom. The number of nitrogens with one attached hydrogen (secondary N) is 1. The Hall–Kier alpha value is -2.01. The van der Waals surface area contributed by atoms with E-state index < -0.39 is 0 Å². The van der Waals surface area contributed by atoms with Crippen molar-refractivity contribution in [3.63, 3.8) is 0 Å². The highest BCUT2D eigenvalue weighted by Gasteiger charge is 2.11. The van der Waals surface area contributed by atoms with E-state index in [-0.39, 0.29) is 10.8 Å². The zero-order chi connectivity index (χ0) is 14.0. The van der Waals surface area contributed by atoms with Crippen molar-refractivity contribution < 1.29 is 4.39 Å². The molecule has 0 radical (unpaired) electrons. The minimum atomic E-state index is -0.336. The predicted octanol–water partition coefficient (Wildman–Crippen LogP) is 3.22. The lowest BCUT2D eigenvalue weighted by Gasteiger charge is -2.13. The van der Waals surface area contributed by atoms with E-state index in [2.05, 4.69) is 10.3 Å². The van der Waals surface area contributed by atoms with Crippen LogP contribution in [0.4, 0.5) is 15.9 Å². The highest BCUT2D eigenvalue weighted by Crippen LogP contribution is 2.25. The van der Waals surface area contributed by atoms with Gasteiger partial charge in [0.2, 0.25) is 0 Å². The second kappa shape index (κ2) is 5.32. The molecule has 3 nitrogen and oxygen atoms in total. The number of hydrogen-bond donors (Lipinski definition) is 2. The third-order valence-corrected chi connectivity index (χ3v) is 2.99. The van der Waals surface area contributed by atoms with Gasteiger partial charge in [-0.05, 0) is 37.6 Å². The summed E-state index contributed by atoms with van der Waals surface area (Å²) in [6, 6.07) is 8.47. The topological polar surface area (TPSA) is 50.9 Å². The first-order valence-electron chi connectivity index (χ1n) is 5.78. The van der Waals surface area contributed by atoms with Crippen molar-refractivity contribution in [3.05, 3.63) is 53.0 Å². The smallest absolute Gasteiger partial charge is 0.146 e. The number of nitrogens with zero attached hydrogens (tertiary/aromatic N) is 1. The molecule has 0 saturated carbocycles. The van der Waals surface area contributed by atoms with Crippen LogP contribution in [-0.4, -0.2) is 9.97 Å². The number of nitrogens with two attached hydrogens (primary N) is 1. The molecule has 98 valence electrons. The number of para-hydroxylation sites is 1. The van der Waals surface area contributed by atoms with Crippen LogP contribution in [0.1, 0.15) is 16.8 Å². The Kier molecular flexibility index (Phi) is 3.76. The van der Waals surface area contributed by atoms with Gasteiger partial charge in [-0.25, -0.2) is 9.37 Å². The number of benzene rings is 1. The average Bonchev–Trinajstić information content (AvgIpc) is 2.33. The Balaban J connectivity index is 2.49. The number of hydrogen-bond acceptors (Lipinski definition) is 3. The summed E-state index contributed by atoms with van der Waals surface area (Å²) in [5.74, 6) is 0.137. The molecule has 0 aliphatic carbocycles. The lowest BCUT2D eigenvalue weighted by atomic mass is 10.1. The van der Waals surface area contributed by atoms with Crippen molar-refractivity contribution >= 4 is 28.7 Å². The van der Waals surface area contributed by atoms with E-state index >= 15 is 0 Å². The molecule has 19 heavy (non-hydrogen) atoms. The summed E-state index contributed by atoms with van der Waals surface area (Å²) in [5, 5.41) is 2.98. The zero-order valence-corrected chi connectivity index (χ0v) is 11.5. The van der Waals surface area contributed by atoms with Gasteiger partial charge >= 0.3 is 0 Å². The molecule has 3 N–H and O–H groups in total. The van der Waals surface area contributed by atoms with E-state index in [9.17, 15) is 4.39 Å². The third-order valence-electron chi connectivity index (χ3n) is 2.77. The van der Waals surface area contributed by atoms with Crippen LogP contribution in [0.15, 0.2) is 30.3 Å². The van der Waals surface area contributed by atoms with Crippen molar-refractivity contribution in [2.75, 3.05) is 5.32 Å².